The van der Waals surface area contributed by atoms with Gasteiger partial charge >= 0.3 is 0 Å². The molecule has 4 rings (SSSR count). The Morgan fingerprint density at radius 3 is 2.21 bits per heavy atom. The molecule has 1 heterocycles. The van der Waals surface area contributed by atoms with Gasteiger partial charge in [-0.2, -0.15) is 0 Å². The Kier molecular flexibility index (Phi) is 6.55. The second-order valence-electron chi connectivity index (χ2n) is 7.54. The molecule has 3 aromatic carbocycles. The maximum absolute atomic E-state index is 13.2. The molecule has 1 saturated heterocycles. The number of hydrogen-bond acceptors (Lipinski definition) is 5. The maximum Gasteiger partial charge on any atom is 0.270 e. The van der Waals surface area contributed by atoms with Gasteiger partial charge in [-0.25, -0.2) is 0 Å². The van der Waals surface area contributed by atoms with Crippen molar-refractivity contribution in [2.75, 3.05) is 36.4 Å². The number of nitro groups is 1. The number of nitro benzene ring substituents is 1. The van der Waals surface area contributed by atoms with E-state index < -0.39 is 10.8 Å². The molecule has 0 bridgehead atoms. The molecule has 0 aliphatic carbocycles. The number of halogens is 1. The monoisotopic (exact) mass is 464 g/mol. The number of para-hydroxylation sites is 2. The van der Waals surface area contributed by atoms with Crippen molar-refractivity contribution in [3.63, 3.8) is 0 Å². The van der Waals surface area contributed by atoms with Crippen LogP contribution in [0.4, 0.5) is 17.1 Å². The Morgan fingerprint density at radius 1 is 0.879 bits per heavy atom. The molecular formula is C24H21ClN4O4. The zero-order chi connectivity index (χ0) is 23.4. The number of piperazine rings is 1. The summed E-state index contributed by atoms with van der Waals surface area (Å²) in [4.78, 5) is 40.3. The van der Waals surface area contributed by atoms with Gasteiger partial charge in [-0.3, -0.25) is 19.7 Å². The summed E-state index contributed by atoms with van der Waals surface area (Å²) < 4.78 is 0. The molecule has 168 valence electrons. The van der Waals surface area contributed by atoms with E-state index in [1.54, 1.807) is 29.2 Å². The smallest absolute Gasteiger partial charge is 0.270 e. The first-order chi connectivity index (χ1) is 15.9. The molecule has 0 radical (unpaired) electrons. The van der Waals surface area contributed by atoms with E-state index in [9.17, 15) is 19.7 Å². The third-order valence-electron chi connectivity index (χ3n) is 5.50. The first kappa shape index (κ1) is 22.3. The van der Waals surface area contributed by atoms with Crippen molar-refractivity contribution < 1.29 is 14.5 Å². The summed E-state index contributed by atoms with van der Waals surface area (Å²) in [6.07, 6.45) is 0. The van der Waals surface area contributed by atoms with Crippen molar-refractivity contribution >= 4 is 40.5 Å². The van der Waals surface area contributed by atoms with E-state index in [-0.39, 0.29) is 22.2 Å². The number of rotatable bonds is 5. The van der Waals surface area contributed by atoms with Crippen LogP contribution in [-0.4, -0.2) is 47.8 Å². The van der Waals surface area contributed by atoms with Gasteiger partial charge in [-0.05, 0) is 30.3 Å². The first-order valence-electron chi connectivity index (χ1n) is 10.4. The Hall–Kier alpha value is -3.91. The van der Waals surface area contributed by atoms with Crippen LogP contribution in [0.5, 0.6) is 0 Å². The summed E-state index contributed by atoms with van der Waals surface area (Å²) in [5, 5.41) is 13.6. The minimum absolute atomic E-state index is 0.0393. The fourth-order valence-corrected chi connectivity index (χ4v) is 4.01. The van der Waals surface area contributed by atoms with Crippen molar-refractivity contribution in [1.82, 2.24) is 4.90 Å². The quantitative estimate of drug-likeness (QED) is 0.444. The van der Waals surface area contributed by atoms with Crippen LogP contribution in [0.2, 0.25) is 5.02 Å². The molecule has 2 amide bonds. The topological polar surface area (TPSA) is 95.8 Å². The van der Waals surface area contributed by atoms with Gasteiger partial charge in [-0.1, -0.05) is 41.9 Å². The van der Waals surface area contributed by atoms with Gasteiger partial charge in [0.1, 0.15) is 0 Å². The van der Waals surface area contributed by atoms with Crippen LogP contribution in [0.1, 0.15) is 20.7 Å². The molecule has 8 nitrogen and oxygen atoms in total. The zero-order valence-corrected chi connectivity index (χ0v) is 18.4. The molecule has 0 unspecified atom stereocenters. The number of amides is 2. The lowest BCUT2D eigenvalue weighted by Gasteiger charge is -2.36. The van der Waals surface area contributed by atoms with Crippen LogP contribution >= 0.6 is 11.6 Å². The lowest BCUT2D eigenvalue weighted by molar-refractivity contribution is -0.384. The van der Waals surface area contributed by atoms with Gasteiger partial charge in [0.15, 0.2) is 0 Å². The molecule has 9 heteroatoms. The zero-order valence-electron chi connectivity index (χ0n) is 17.6. The molecule has 1 fully saturated rings. The molecular weight excluding hydrogens is 444 g/mol. The molecule has 0 spiro atoms. The number of nitrogens with one attached hydrogen (secondary N) is 1. The summed E-state index contributed by atoms with van der Waals surface area (Å²) in [5.74, 6) is -0.725. The van der Waals surface area contributed by atoms with E-state index in [0.29, 0.717) is 37.4 Å². The molecule has 3 aromatic rings. The molecule has 1 aliphatic rings. The van der Waals surface area contributed by atoms with Gasteiger partial charge in [0.05, 0.1) is 26.8 Å². The highest BCUT2D eigenvalue weighted by Crippen LogP contribution is 2.25. The van der Waals surface area contributed by atoms with Crippen molar-refractivity contribution in [3.8, 4) is 0 Å². The third-order valence-corrected chi connectivity index (χ3v) is 5.81. The largest absolute Gasteiger partial charge is 0.368 e. The van der Waals surface area contributed by atoms with E-state index in [1.807, 2.05) is 30.3 Å². The van der Waals surface area contributed by atoms with Crippen LogP contribution in [-0.2, 0) is 0 Å². The van der Waals surface area contributed by atoms with E-state index in [0.717, 1.165) is 11.8 Å². The third kappa shape index (κ3) is 4.96. The molecule has 0 aromatic heterocycles. The molecule has 1 aliphatic heterocycles. The maximum atomic E-state index is 13.2. The summed E-state index contributed by atoms with van der Waals surface area (Å²) in [6, 6.07) is 20.4. The molecule has 0 atom stereocenters. The summed E-state index contributed by atoms with van der Waals surface area (Å²) in [7, 11) is 0. The number of carbonyl (C=O) groups is 2. The highest BCUT2D eigenvalue weighted by molar-refractivity contribution is 6.34. The Labute approximate surface area is 195 Å². The minimum Gasteiger partial charge on any atom is -0.368 e. The lowest BCUT2D eigenvalue weighted by Crippen LogP contribution is -2.48. The van der Waals surface area contributed by atoms with Crippen molar-refractivity contribution in [3.05, 3.63) is 99.1 Å². The van der Waals surface area contributed by atoms with Crippen LogP contribution in [0.15, 0.2) is 72.8 Å². The summed E-state index contributed by atoms with van der Waals surface area (Å²) in [5.41, 5.74) is 1.73. The first-order valence-corrected chi connectivity index (χ1v) is 10.8. The second kappa shape index (κ2) is 9.70. The highest BCUT2D eigenvalue weighted by Gasteiger charge is 2.25. The SMILES string of the molecule is O=C(Nc1ccccc1C(=O)N1CCN(c2ccccc2)CC1)c1ccc([N+](=O)[O-])cc1Cl. The molecule has 0 saturated carbocycles. The van der Waals surface area contributed by atoms with Crippen LogP contribution < -0.4 is 10.2 Å². The van der Waals surface area contributed by atoms with Crippen molar-refractivity contribution in [2.24, 2.45) is 0 Å². The number of carbonyl (C=O) groups excluding carboxylic acids is 2. The second-order valence-corrected chi connectivity index (χ2v) is 7.94. The average Bonchev–Trinajstić information content (AvgIpc) is 2.84. The molecule has 33 heavy (non-hydrogen) atoms. The number of benzene rings is 3. The normalized spacial score (nSPS) is 13.5. The highest BCUT2D eigenvalue weighted by atomic mass is 35.5. The Bertz CT molecular complexity index is 1190. The number of anilines is 2. The van der Waals surface area contributed by atoms with Gasteiger partial charge in [0.25, 0.3) is 17.5 Å². The van der Waals surface area contributed by atoms with E-state index in [4.69, 9.17) is 11.6 Å². The standard InChI is InChI=1S/C24H21ClN4O4/c25-21-16-18(29(32)33)10-11-19(21)23(30)26-22-9-5-4-8-20(22)24(31)28-14-12-27(13-15-28)17-6-2-1-3-7-17/h1-11,16H,12-15H2,(H,26,30). The minimum atomic E-state index is -0.584. The fraction of sp³-hybridized carbons (Fsp3) is 0.167. The average molecular weight is 465 g/mol. The lowest BCUT2D eigenvalue weighted by atomic mass is 10.1. The predicted molar refractivity (Wildman–Crippen MR) is 127 cm³/mol. The van der Waals surface area contributed by atoms with E-state index >= 15 is 0 Å². The number of hydrogen-bond donors (Lipinski definition) is 1. The van der Waals surface area contributed by atoms with Gasteiger partial charge < -0.3 is 15.1 Å². The molecule has 1 N–H and O–H groups in total. The van der Waals surface area contributed by atoms with Crippen LogP contribution in [0.3, 0.4) is 0 Å². The van der Waals surface area contributed by atoms with Crippen molar-refractivity contribution in [2.45, 2.75) is 0 Å². The van der Waals surface area contributed by atoms with E-state index in [1.165, 1.54) is 12.1 Å². The number of non-ortho nitro benzene ring substituents is 1. The van der Waals surface area contributed by atoms with Crippen LogP contribution in [0.25, 0.3) is 0 Å². The summed E-state index contributed by atoms with van der Waals surface area (Å²) >= 11 is 6.08. The van der Waals surface area contributed by atoms with Gasteiger partial charge in [-0.15, -0.1) is 0 Å². The predicted octanol–water partition coefficient (Wildman–Crippen LogP) is 4.46. The fourth-order valence-electron chi connectivity index (χ4n) is 3.75. The van der Waals surface area contributed by atoms with E-state index in [2.05, 4.69) is 10.2 Å². The Balaban J connectivity index is 1.47. The van der Waals surface area contributed by atoms with Crippen molar-refractivity contribution in [1.29, 1.82) is 0 Å². The summed E-state index contributed by atoms with van der Waals surface area (Å²) in [6.45, 7) is 2.54. The number of nitrogens with zero attached hydrogens (tertiary/aromatic N) is 3. The Morgan fingerprint density at radius 2 is 1.55 bits per heavy atom. The van der Waals surface area contributed by atoms with Gasteiger partial charge in [0.2, 0.25) is 0 Å². The van der Waals surface area contributed by atoms with Gasteiger partial charge in [0, 0.05) is 44.0 Å². The van der Waals surface area contributed by atoms with Crippen LogP contribution in [0, 0.1) is 10.1 Å².